The van der Waals surface area contributed by atoms with Gasteiger partial charge in [0.05, 0.1) is 4.90 Å². The van der Waals surface area contributed by atoms with Crippen molar-refractivity contribution in [2.24, 2.45) is 0 Å². The Labute approximate surface area is 179 Å². The average molecular weight is 505 g/mol. The topological polar surface area (TPSA) is 69.7 Å². The van der Waals surface area contributed by atoms with Crippen LogP contribution in [0, 0.1) is 6.92 Å². The molecule has 0 N–H and O–H groups in total. The van der Waals surface area contributed by atoms with Gasteiger partial charge >= 0.3 is 11.9 Å². The molecular weight excluding hydrogens is 489 g/mol. The number of sulfone groups is 1. The molecule has 0 amide bonds. The molecule has 0 saturated heterocycles. The maximum Gasteiger partial charge on any atom is 0.375 e. The minimum Gasteiger partial charge on any atom is -0.450 e. The van der Waals surface area contributed by atoms with Crippen molar-refractivity contribution in [1.82, 2.24) is 0 Å². The zero-order chi connectivity index (χ0) is 22.3. The molecule has 1 aliphatic rings. The highest BCUT2D eigenvalue weighted by atomic mass is 79.9. The van der Waals surface area contributed by atoms with E-state index in [4.69, 9.17) is 9.47 Å². The number of alkyl halides is 3. The molecule has 0 fully saturated rings. The first kappa shape index (κ1) is 22.4. The van der Waals surface area contributed by atoms with E-state index in [2.05, 4.69) is 15.9 Å². The van der Waals surface area contributed by atoms with Crippen molar-refractivity contribution < 1.29 is 35.9 Å². The van der Waals surface area contributed by atoms with Crippen molar-refractivity contribution in [3.8, 4) is 5.75 Å². The lowest BCUT2D eigenvalue weighted by Gasteiger charge is -2.21. The Morgan fingerprint density at radius 1 is 1.20 bits per heavy atom. The van der Waals surface area contributed by atoms with Gasteiger partial charge in [0.25, 0.3) is 0 Å². The van der Waals surface area contributed by atoms with Crippen LogP contribution in [0.4, 0.5) is 13.2 Å². The molecule has 2 aromatic carbocycles. The van der Waals surface area contributed by atoms with Gasteiger partial charge in [0, 0.05) is 27.9 Å². The van der Waals surface area contributed by atoms with Gasteiger partial charge in [-0.3, -0.25) is 0 Å². The Kier molecular flexibility index (Phi) is 6.01. The van der Waals surface area contributed by atoms with Crippen LogP contribution in [0.5, 0.6) is 5.75 Å². The lowest BCUT2D eigenvalue weighted by Crippen LogP contribution is -2.21. The minimum absolute atomic E-state index is 0.164. The second-order valence-electron chi connectivity index (χ2n) is 6.73. The number of carbonyl (C=O) groups excluding carboxylic acids is 1. The van der Waals surface area contributed by atoms with Crippen LogP contribution in [0.2, 0.25) is 0 Å². The highest BCUT2D eigenvalue weighted by Gasteiger charge is 2.40. The van der Waals surface area contributed by atoms with Gasteiger partial charge in [-0.2, -0.15) is 8.78 Å². The molecule has 3 rings (SSSR count). The van der Waals surface area contributed by atoms with Gasteiger partial charge in [-0.1, -0.05) is 22.0 Å². The number of rotatable bonds is 6. The van der Waals surface area contributed by atoms with Crippen LogP contribution in [-0.2, 0) is 25.3 Å². The van der Waals surface area contributed by atoms with E-state index in [0.717, 1.165) is 22.9 Å². The van der Waals surface area contributed by atoms with Crippen LogP contribution >= 0.6 is 15.9 Å². The summed E-state index contributed by atoms with van der Waals surface area (Å²) >= 11 is 3.26. The van der Waals surface area contributed by atoms with Crippen LogP contribution in [0.1, 0.15) is 22.8 Å². The van der Waals surface area contributed by atoms with E-state index < -0.39 is 40.1 Å². The fraction of sp³-hybridized carbons (Fsp3) is 0.250. The minimum atomic E-state index is -3.97. The van der Waals surface area contributed by atoms with Crippen molar-refractivity contribution in [1.29, 1.82) is 0 Å². The number of hydrogen-bond donors (Lipinski definition) is 0. The van der Waals surface area contributed by atoms with Gasteiger partial charge in [0.15, 0.2) is 22.6 Å². The number of aryl methyl sites for hydroxylation is 1. The van der Waals surface area contributed by atoms with E-state index in [1.165, 1.54) is 13.0 Å². The summed E-state index contributed by atoms with van der Waals surface area (Å²) in [5.41, 5.74) is -0.919. The fourth-order valence-corrected chi connectivity index (χ4v) is 4.25. The molecule has 5 nitrogen and oxygen atoms in total. The molecule has 10 heteroatoms. The Bertz CT molecular complexity index is 1130. The number of benzene rings is 2. The standard InChI is InChI=1S/C20H16BrF3O5S/c1-11-7-14(15(20(23,24)10-22)8-18(11)30(2,26)27)16-9-17(19(25)29-16)28-13-5-3-12(21)4-6-13/h3-9,16H,10H2,1-2H3/t16-/m1/s1. The first-order valence-corrected chi connectivity index (χ1v) is 11.3. The second-order valence-corrected chi connectivity index (χ2v) is 9.63. The quantitative estimate of drug-likeness (QED) is 0.529. The van der Waals surface area contributed by atoms with Gasteiger partial charge < -0.3 is 9.47 Å². The number of esters is 1. The average Bonchev–Trinajstić information content (AvgIpc) is 3.02. The summed E-state index contributed by atoms with van der Waals surface area (Å²) in [6.45, 7) is -0.629. The monoisotopic (exact) mass is 504 g/mol. The molecule has 1 atom stereocenters. The van der Waals surface area contributed by atoms with Crippen LogP contribution in [0.15, 0.2) is 57.6 Å². The Morgan fingerprint density at radius 2 is 1.83 bits per heavy atom. The molecule has 0 aliphatic carbocycles. The molecule has 0 unspecified atom stereocenters. The number of cyclic esters (lactones) is 1. The summed E-state index contributed by atoms with van der Waals surface area (Å²) in [7, 11) is -3.84. The highest BCUT2D eigenvalue weighted by Crippen LogP contribution is 2.40. The van der Waals surface area contributed by atoms with E-state index in [0.29, 0.717) is 5.75 Å². The first-order chi connectivity index (χ1) is 13.9. The first-order valence-electron chi connectivity index (χ1n) is 8.57. The van der Waals surface area contributed by atoms with Crippen LogP contribution in [0.3, 0.4) is 0 Å². The second kappa shape index (κ2) is 8.07. The number of hydrogen-bond acceptors (Lipinski definition) is 5. The molecule has 0 bridgehead atoms. The zero-order valence-electron chi connectivity index (χ0n) is 15.8. The van der Waals surface area contributed by atoms with Crippen molar-refractivity contribution >= 4 is 31.7 Å². The number of ether oxygens (including phenoxy) is 2. The number of carbonyl (C=O) groups is 1. The lowest BCUT2D eigenvalue weighted by molar-refractivity contribution is -0.142. The molecule has 30 heavy (non-hydrogen) atoms. The van der Waals surface area contributed by atoms with Crippen molar-refractivity contribution in [2.75, 3.05) is 12.9 Å². The van der Waals surface area contributed by atoms with E-state index in [-0.39, 0.29) is 21.8 Å². The summed E-state index contributed by atoms with van der Waals surface area (Å²) in [5, 5.41) is 0. The molecule has 0 spiro atoms. The van der Waals surface area contributed by atoms with Gasteiger partial charge in [0.1, 0.15) is 5.75 Å². The van der Waals surface area contributed by atoms with Crippen molar-refractivity contribution in [3.63, 3.8) is 0 Å². The third kappa shape index (κ3) is 4.54. The third-order valence-electron chi connectivity index (χ3n) is 4.39. The van der Waals surface area contributed by atoms with Gasteiger partial charge in [-0.15, -0.1) is 0 Å². The number of halogens is 4. The summed E-state index contributed by atoms with van der Waals surface area (Å²) in [4.78, 5) is 11.8. The molecule has 160 valence electrons. The molecular formula is C20H16BrF3O5S. The van der Waals surface area contributed by atoms with E-state index in [1.807, 2.05) is 0 Å². The maximum absolute atomic E-state index is 14.3. The molecule has 0 aromatic heterocycles. The van der Waals surface area contributed by atoms with E-state index in [1.54, 1.807) is 24.3 Å². The van der Waals surface area contributed by atoms with Crippen molar-refractivity contribution in [2.45, 2.75) is 23.8 Å². The predicted molar refractivity (Wildman–Crippen MR) is 106 cm³/mol. The zero-order valence-corrected chi connectivity index (χ0v) is 18.2. The summed E-state index contributed by atoms with van der Waals surface area (Å²) in [6.07, 6.45) is 0.769. The SMILES string of the molecule is Cc1cc([C@H]2C=C(Oc3ccc(Br)cc3)C(=O)O2)c(C(F)(F)CF)cc1S(C)(=O)=O. The third-order valence-corrected chi connectivity index (χ3v) is 6.16. The van der Waals surface area contributed by atoms with Gasteiger partial charge in [-0.05, 0) is 42.8 Å². The Morgan fingerprint density at radius 3 is 2.40 bits per heavy atom. The molecule has 1 aliphatic heterocycles. The summed E-state index contributed by atoms with van der Waals surface area (Å²) in [6, 6.07) is 8.42. The molecule has 0 saturated carbocycles. The largest absolute Gasteiger partial charge is 0.450 e. The van der Waals surface area contributed by atoms with Crippen LogP contribution in [0.25, 0.3) is 0 Å². The maximum atomic E-state index is 14.3. The molecule has 0 radical (unpaired) electrons. The van der Waals surface area contributed by atoms with E-state index >= 15 is 0 Å². The molecule has 1 heterocycles. The predicted octanol–water partition coefficient (Wildman–Crippen LogP) is 4.78. The Hall–Kier alpha value is -2.33. The van der Waals surface area contributed by atoms with Gasteiger partial charge in [0.2, 0.25) is 5.76 Å². The normalized spacial score (nSPS) is 16.9. The summed E-state index contributed by atoms with van der Waals surface area (Å²) < 4.78 is 76.9. The lowest BCUT2D eigenvalue weighted by atomic mass is 9.95. The molecule has 2 aromatic rings. The van der Waals surface area contributed by atoms with Crippen LogP contribution in [-0.4, -0.2) is 27.3 Å². The van der Waals surface area contributed by atoms with Crippen molar-refractivity contribution in [3.05, 3.63) is 69.4 Å². The Balaban J connectivity index is 2.06. The van der Waals surface area contributed by atoms with Gasteiger partial charge in [-0.25, -0.2) is 17.6 Å². The smallest absolute Gasteiger partial charge is 0.375 e. The van der Waals surface area contributed by atoms with Crippen LogP contribution < -0.4 is 4.74 Å². The highest BCUT2D eigenvalue weighted by molar-refractivity contribution is 9.10. The summed E-state index contributed by atoms with van der Waals surface area (Å²) in [5.74, 6) is -4.76. The fourth-order valence-electron chi connectivity index (χ4n) is 3.01. The van der Waals surface area contributed by atoms with E-state index in [9.17, 15) is 26.4 Å².